The molecule has 0 radical (unpaired) electrons. The van der Waals surface area contributed by atoms with Crippen LogP contribution in [-0.2, 0) is 14.4 Å². The van der Waals surface area contributed by atoms with Crippen molar-refractivity contribution in [1.29, 1.82) is 0 Å². The number of allylic oxidation sites excluding steroid dienone is 2. The highest BCUT2D eigenvalue weighted by Crippen LogP contribution is 2.27. The first-order chi connectivity index (χ1) is 9.08. The zero-order valence-corrected chi connectivity index (χ0v) is 10.3. The van der Waals surface area contributed by atoms with Gasteiger partial charge in [-0.3, -0.25) is 14.4 Å². The Hall–Kier alpha value is -2.23. The van der Waals surface area contributed by atoms with Crippen molar-refractivity contribution in [1.82, 2.24) is 0 Å². The largest absolute Gasteiger partial charge is 0.481 e. The van der Waals surface area contributed by atoms with E-state index in [1.54, 1.807) is 12.1 Å². The van der Waals surface area contributed by atoms with Crippen LogP contribution in [0.3, 0.4) is 0 Å². The van der Waals surface area contributed by atoms with Gasteiger partial charge in [0.2, 0.25) is 0 Å². The number of aliphatic carboxylic acids is 1. The topological polar surface area (TPSA) is 71.4 Å². The number of benzene rings is 1. The van der Waals surface area contributed by atoms with Gasteiger partial charge < -0.3 is 5.11 Å². The number of rotatable bonds is 4. The van der Waals surface area contributed by atoms with Gasteiger partial charge in [0.25, 0.3) is 0 Å². The Balaban J connectivity index is 2.17. The van der Waals surface area contributed by atoms with E-state index in [2.05, 4.69) is 0 Å². The molecule has 1 aliphatic carbocycles. The van der Waals surface area contributed by atoms with E-state index in [-0.39, 0.29) is 30.8 Å². The summed E-state index contributed by atoms with van der Waals surface area (Å²) in [5.74, 6) is -1.69. The van der Waals surface area contributed by atoms with E-state index in [1.165, 1.54) is 6.08 Å². The number of hydrogen-bond donors (Lipinski definition) is 1. The lowest BCUT2D eigenvalue weighted by molar-refractivity contribution is -0.137. The van der Waals surface area contributed by atoms with Crippen molar-refractivity contribution in [3.8, 4) is 0 Å². The molecule has 4 heteroatoms. The first kappa shape index (κ1) is 13.2. The van der Waals surface area contributed by atoms with Crippen molar-refractivity contribution >= 4 is 23.1 Å². The first-order valence-electron chi connectivity index (χ1n) is 6.14. The Bertz CT molecular complexity index is 543. The fourth-order valence-electron chi connectivity index (χ4n) is 2.18. The van der Waals surface area contributed by atoms with Gasteiger partial charge in [-0.2, -0.15) is 0 Å². The molecule has 1 N–H and O–H groups in total. The van der Waals surface area contributed by atoms with Crippen LogP contribution in [0.4, 0.5) is 0 Å². The number of carbonyl (C=O) groups is 3. The molecule has 0 aromatic heterocycles. The number of ketones is 2. The third kappa shape index (κ3) is 3.16. The molecule has 4 nitrogen and oxygen atoms in total. The summed E-state index contributed by atoms with van der Waals surface area (Å²) in [6.07, 6.45) is 1.59. The van der Waals surface area contributed by atoms with Gasteiger partial charge in [0.1, 0.15) is 0 Å². The molecule has 0 amide bonds. The van der Waals surface area contributed by atoms with Gasteiger partial charge in [-0.1, -0.05) is 30.3 Å². The van der Waals surface area contributed by atoms with Crippen LogP contribution in [-0.4, -0.2) is 22.6 Å². The van der Waals surface area contributed by atoms with Crippen molar-refractivity contribution in [2.24, 2.45) is 5.92 Å². The number of Topliss-reactive ketones (excluding diaryl/α,β-unsaturated/α-hetero) is 1. The van der Waals surface area contributed by atoms with Crippen LogP contribution in [0.2, 0.25) is 0 Å². The molecule has 98 valence electrons. The quantitative estimate of drug-likeness (QED) is 0.897. The minimum absolute atomic E-state index is 0.0851. The van der Waals surface area contributed by atoms with Crippen LogP contribution < -0.4 is 0 Å². The van der Waals surface area contributed by atoms with Gasteiger partial charge in [0.05, 0.1) is 0 Å². The smallest absolute Gasteiger partial charge is 0.303 e. The molecule has 0 saturated heterocycles. The predicted molar refractivity (Wildman–Crippen MR) is 69.4 cm³/mol. The van der Waals surface area contributed by atoms with Gasteiger partial charge in [-0.15, -0.1) is 0 Å². The maximum absolute atomic E-state index is 12.0. The molecule has 19 heavy (non-hydrogen) atoms. The van der Waals surface area contributed by atoms with Crippen molar-refractivity contribution in [3.63, 3.8) is 0 Å². The third-order valence-electron chi connectivity index (χ3n) is 3.21. The lowest BCUT2D eigenvalue weighted by Gasteiger charge is -2.19. The van der Waals surface area contributed by atoms with E-state index >= 15 is 0 Å². The first-order valence-corrected chi connectivity index (χ1v) is 6.14. The summed E-state index contributed by atoms with van der Waals surface area (Å²) in [6.45, 7) is 0. The molecule has 0 fully saturated rings. The van der Waals surface area contributed by atoms with Crippen LogP contribution in [0.5, 0.6) is 0 Å². The minimum atomic E-state index is -0.946. The predicted octanol–water partition coefficient (Wildman–Crippen LogP) is 2.09. The lowest BCUT2D eigenvalue weighted by Crippen LogP contribution is -2.24. The molecule has 0 bridgehead atoms. The second kappa shape index (κ2) is 5.61. The number of carboxylic acids is 1. The monoisotopic (exact) mass is 258 g/mol. The highest BCUT2D eigenvalue weighted by molar-refractivity contribution is 6.28. The highest BCUT2D eigenvalue weighted by atomic mass is 16.4. The molecule has 1 atom stereocenters. The third-order valence-corrected chi connectivity index (χ3v) is 3.21. The SMILES string of the molecule is O=C(O)CCC1CC(=O)C(c2ccccc2)=CC1=O. The van der Waals surface area contributed by atoms with Crippen LogP contribution in [0.15, 0.2) is 36.4 Å². The Morgan fingerprint density at radius 1 is 1.21 bits per heavy atom. The molecule has 2 rings (SSSR count). The zero-order valence-electron chi connectivity index (χ0n) is 10.3. The van der Waals surface area contributed by atoms with Gasteiger partial charge in [-0.05, 0) is 18.1 Å². The second-order valence-corrected chi connectivity index (χ2v) is 4.58. The average Bonchev–Trinajstić information content (AvgIpc) is 2.40. The van der Waals surface area contributed by atoms with E-state index in [1.807, 2.05) is 18.2 Å². The summed E-state index contributed by atoms with van der Waals surface area (Å²) < 4.78 is 0. The van der Waals surface area contributed by atoms with Crippen molar-refractivity contribution in [2.45, 2.75) is 19.3 Å². The van der Waals surface area contributed by atoms with Gasteiger partial charge in [0.15, 0.2) is 11.6 Å². The Kier molecular flexibility index (Phi) is 3.90. The van der Waals surface area contributed by atoms with E-state index in [0.29, 0.717) is 5.57 Å². The number of carbonyl (C=O) groups excluding carboxylic acids is 2. The van der Waals surface area contributed by atoms with Gasteiger partial charge in [0, 0.05) is 24.3 Å². The standard InChI is InChI=1S/C15H14O4/c16-13-9-12(10-4-2-1-3-5-10)14(17)8-11(13)6-7-15(18)19/h1-5,9,11H,6-8H2,(H,18,19). The molecule has 0 saturated carbocycles. The molecular weight excluding hydrogens is 244 g/mol. The Morgan fingerprint density at radius 2 is 1.89 bits per heavy atom. The van der Waals surface area contributed by atoms with E-state index in [9.17, 15) is 14.4 Å². The fourth-order valence-corrected chi connectivity index (χ4v) is 2.18. The van der Waals surface area contributed by atoms with E-state index < -0.39 is 11.9 Å². The summed E-state index contributed by atoms with van der Waals surface area (Å²) in [4.78, 5) is 34.4. The van der Waals surface area contributed by atoms with Crippen LogP contribution >= 0.6 is 0 Å². The zero-order chi connectivity index (χ0) is 13.8. The number of hydrogen-bond acceptors (Lipinski definition) is 3. The summed E-state index contributed by atoms with van der Waals surface area (Å²) in [5.41, 5.74) is 1.16. The van der Waals surface area contributed by atoms with E-state index in [4.69, 9.17) is 5.11 Å². The van der Waals surface area contributed by atoms with Crippen molar-refractivity contribution < 1.29 is 19.5 Å². The molecule has 1 unspecified atom stereocenters. The second-order valence-electron chi connectivity index (χ2n) is 4.58. The summed E-state index contributed by atoms with van der Waals surface area (Å²) >= 11 is 0. The van der Waals surface area contributed by atoms with Gasteiger partial charge >= 0.3 is 5.97 Å². The van der Waals surface area contributed by atoms with Crippen molar-refractivity contribution in [2.75, 3.05) is 0 Å². The molecule has 0 spiro atoms. The minimum Gasteiger partial charge on any atom is -0.481 e. The molecular formula is C15H14O4. The summed E-state index contributed by atoms with van der Waals surface area (Å²) in [5, 5.41) is 8.61. The summed E-state index contributed by atoms with van der Waals surface area (Å²) in [7, 11) is 0. The fraction of sp³-hybridized carbons (Fsp3) is 0.267. The highest BCUT2D eigenvalue weighted by Gasteiger charge is 2.29. The molecule has 1 aliphatic rings. The van der Waals surface area contributed by atoms with E-state index in [0.717, 1.165) is 5.56 Å². The maximum Gasteiger partial charge on any atom is 0.303 e. The molecule has 1 aromatic rings. The van der Waals surface area contributed by atoms with Crippen LogP contribution in [0.1, 0.15) is 24.8 Å². The van der Waals surface area contributed by atoms with Crippen molar-refractivity contribution in [3.05, 3.63) is 42.0 Å². The number of carboxylic acid groups (broad SMARTS) is 1. The maximum atomic E-state index is 12.0. The summed E-state index contributed by atoms with van der Waals surface area (Å²) in [6, 6.07) is 9.03. The van der Waals surface area contributed by atoms with Crippen LogP contribution in [0.25, 0.3) is 5.57 Å². The Morgan fingerprint density at radius 3 is 2.53 bits per heavy atom. The molecule has 1 aromatic carbocycles. The van der Waals surface area contributed by atoms with Gasteiger partial charge in [-0.25, -0.2) is 0 Å². The Labute approximate surface area is 110 Å². The van der Waals surface area contributed by atoms with Crippen LogP contribution in [0, 0.1) is 5.92 Å². The molecule has 0 heterocycles. The molecule has 0 aliphatic heterocycles. The lowest BCUT2D eigenvalue weighted by atomic mass is 9.82. The normalized spacial score (nSPS) is 19.2. The average molecular weight is 258 g/mol.